The Bertz CT molecular complexity index is 915. The van der Waals surface area contributed by atoms with Crippen molar-refractivity contribution < 1.29 is 22.6 Å². The number of hydrogen-bond donors (Lipinski definition) is 1. The fourth-order valence-electron chi connectivity index (χ4n) is 2.52. The van der Waals surface area contributed by atoms with E-state index < -0.39 is 15.7 Å². The van der Waals surface area contributed by atoms with E-state index in [2.05, 4.69) is 31.4 Å². The van der Waals surface area contributed by atoms with Crippen LogP contribution in [0, 0.1) is 5.82 Å². The lowest BCUT2D eigenvalue weighted by Gasteiger charge is -2.10. The van der Waals surface area contributed by atoms with Crippen LogP contribution in [0.4, 0.5) is 4.39 Å². The summed E-state index contributed by atoms with van der Waals surface area (Å²) in [5.74, 6) is -0.433. The Kier molecular flexibility index (Phi) is 7.45. The summed E-state index contributed by atoms with van der Waals surface area (Å²) in [5.41, 5.74) is 1.55. The van der Waals surface area contributed by atoms with Gasteiger partial charge in [0.05, 0.1) is 10.2 Å². The van der Waals surface area contributed by atoms with E-state index in [1.807, 2.05) is 0 Å². The topological polar surface area (TPSA) is 109 Å². The summed E-state index contributed by atoms with van der Waals surface area (Å²) in [5, 5.41) is 20.2. The fourth-order valence-corrected chi connectivity index (χ4v) is 4.44. The van der Waals surface area contributed by atoms with Gasteiger partial charge in [-0.1, -0.05) is 16.4 Å². The minimum atomic E-state index is -3.20. The van der Waals surface area contributed by atoms with Gasteiger partial charge in [-0.3, -0.25) is 4.90 Å². The van der Waals surface area contributed by atoms with E-state index in [0.717, 1.165) is 0 Å². The quantitative estimate of drug-likeness (QED) is 0.345. The summed E-state index contributed by atoms with van der Waals surface area (Å²) in [6.45, 7) is 0. The van der Waals surface area contributed by atoms with E-state index in [4.69, 9.17) is 4.63 Å². The third-order valence-corrected chi connectivity index (χ3v) is 6.06. The monoisotopic (exact) mass is 462 g/mol. The van der Waals surface area contributed by atoms with E-state index in [9.17, 15) is 18.0 Å². The van der Waals surface area contributed by atoms with Crippen molar-refractivity contribution >= 4 is 31.5 Å². The molecule has 1 aromatic carbocycles. The first-order valence-electron chi connectivity index (χ1n) is 8.03. The molecule has 27 heavy (non-hydrogen) atoms. The number of sulfone groups is 1. The van der Waals surface area contributed by atoms with Gasteiger partial charge in [-0.05, 0) is 65.7 Å². The molecule has 0 amide bonds. The zero-order valence-electron chi connectivity index (χ0n) is 14.9. The third-order valence-electron chi connectivity index (χ3n) is 3.63. The number of nitrogens with zero attached hydrogens (tertiary/aromatic N) is 4. The number of oxime groups is 1. The molecule has 0 aliphatic carbocycles. The van der Waals surface area contributed by atoms with E-state index in [1.165, 1.54) is 6.07 Å². The SMILES string of the molecule is CN(C)CS(=O)(=O)CCCc1nonc1/C(Cc1ccc(F)c(Br)c1)=N/O. The molecule has 0 unspecified atom stereocenters. The van der Waals surface area contributed by atoms with Crippen molar-refractivity contribution in [2.45, 2.75) is 19.3 Å². The van der Waals surface area contributed by atoms with E-state index >= 15 is 0 Å². The lowest BCUT2D eigenvalue weighted by atomic mass is 10.0. The molecule has 0 fully saturated rings. The molecular weight excluding hydrogens is 443 g/mol. The highest BCUT2D eigenvalue weighted by molar-refractivity contribution is 9.10. The number of halogens is 2. The Hall–Kier alpha value is -1.85. The van der Waals surface area contributed by atoms with Gasteiger partial charge < -0.3 is 5.21 Å². The van der Waals surface area contributed by atoms with Crippen LogP contribution in [-0.2, 0) is 22.7 Å². The summed E-state index contributed by atoms with van der Waals surface area (Å²) in [4.78, 5) is 1.59. The van der Waals surface area contributed by atoms with Gasteiger partial charge in [-0.2, -0.15) is 0 Å². The molecule has 0 aliphatic heterocycles. The summed E-state index contributed by atoms with van der Waals surface area (Å²) in [7, 11) is 0.176. The minimum Gasteiger partial charge on any atom is -0.411 e. The van der Waals surface area contributed by atoms with Crippen molar-refractivity contribution in [2.75, 3.05) is 25.7 Å². The number of aryl methyl sites for hydroxylation is 1. The molecule has 0 saturated heterocycles. The summed E-state index contributed by atoms with van der Waals surface area (Å²) in [6, 6.07) is 4.43. The molecule has 2 aromatic rings. The second-order valence-corrected chi connectivity index (χ2v) is 9.30. The molecule has 0 atom stereocenters. The van der Waals surface area contributed by atoms with E-state index in [0.29, 0.717) is 28.6 Å². The maximum absolute atomic E-state index is 13.4. The Morgan fingerprint density at radius 2 is 2.11 bits per heavy atom. The van der Waals surface area contributed by atoms with Gasteiger partial charge >= 0.3 is 0 Å². The van der Waals surface area contributed by atoms with Gasteiger partial charge in [0.15, 0.2) is 15.5 Å². The standard InChI is InChI=1S/C16H20BrFN4O4S/c1-22(2)10-27(24,25)7-3-4-14-16(21-26-20-14)15(19-23)9-11-5-6-13(18)12(17)8-11/h5-6,8,23H,3-4,7,9-10H2,1-2H3/b19-15+. The van der Waals surface area contributed by atoms with Crippen molar-refractivity contribution in [1.29, 1.82) is 0 Å². The van der Waals surface area contributed by atoms with Crippen LogP contribution in [0.3, 0.4) is 0 Å². The summed E-state index contributed by atoms with van der Waals surface area (Å²) in [6.07, 6.45) is 0.811. The molecule has 0 bridgehead atoms. The highest BCUT2D eigenvalue weighted by Crippen LogP contribution is 2.19. The van der Waals surface area contributed by atoms with Gasteiger partial charge in [-0.25, -0.2) is 17.4 Å². The first-order chi connectivity index (χ1) is 12.7. The lowest BCUT2D eigenvalue weighted by Crippen LogP contribution is -2.24. The third kappa shape index (κ3) is 6.36. The Morgan fingerprint density at radius 1 is 1.37 bits per heavy atom. The molecule has 0 aliphatic rings. The number of rotatable bonds is 9. The highest BCUT2D eigenvalue weighted by atomic mass is 79.9. The molecule has 1 N–H and O–H groups in total. The molecule has 8 nitrogen and oxygen atoms in total. The van der Waals surface area contributed by atoms with Crippen LogP contribution in [0.25, 0.3) is 0 Å². The maximum atomic E-state index is 13.4. The molecule has 11 heteroatoms. The largest absolute Gasteiger partial charge is 0.411 e. The molecule has 2 rings (SSSR count). The van der Waals surface area contributed by atoms with Crippen LogP contribution < -0.4 is 0 Å². The molecule has 1 aromatic heterocycles. The number of aromatic nitrogens is 2. The van der Waals surface area contributed by atoms with E-state index in [-0.39, 0.29) is 29.5 Å². The number of hydrogen-bond acceptors (Lipinski definition) is 8. The average molecular weight is 463 g/mol. The molecule has 1 heterocycles. The normalized spacial score (nSPS) is 12.7. The van der Waals surface area contributed by atoms with Crippen molar-refractivity contribution in [2.24, 2.45) is 5.16 Å². The zero-order valence-corrected chi connectivity index (χ0v) is 17.3. The molecular formula is C16H20BrFN4O4S. The zero-order chi connectivity index (χ0) is 20.0. The number of benzene rings is 1. The van der Waals surface area contributed by atoms with Crippen LogP contribution in [0.5, 0.6) is 0 Å². The average Bonchev–Trinajstić information content (AvgIpc) is 3.02. The summed E-state index contributed by atoms with van der Waals surface area (Å²) < 4.78 is 42.3. The van der Waals surface area contributed by atoms with Gasteiger partial charge in [0.1, 0.15) is 23.1 Å². The second kappa shape index (κ2) is 9.38. The Balaban J connectivity index is 2.06. The van der Waals surface area contributed by atoms with Gasteiger partial charge in [0.2, 0.25) is 0 Å². The smallest absolute Gasteiger partial charge is 0.163 e. The predicted octanol–water partition coefficient (Wildman–Crippen LogP) is 2.26. The molecule has 148 valence electrons. The van der Waals surface area contributed by atoms with E-state index in [1.54, 1.807) is 31.1 Å². The predicted molar refractivity (Wildman–Crippen MR) is 101 cm³/mol. The summed E-state index contributed by atoms with van der Waals surface area (Å²) >= 11 is 3.11. The van der Waals surface area contributed by atoms with Crippen molar-refractivity contribution in [3.05, 3.63) is 45.4 Å². The van der Waals surface area contributed by atoms with Crippen LogP contribution >= 0.6 is 15.9 Å². The van der Waals surface area contributed by atoms with Crippen molar-refractivity contribution in [3.63, 3.8) is 0 Å². The molecule has 0 spiro atoms. The van der Waals surface area contributed by atoms with Gasteiger partial charge in [0.25, 0.3) is 0 Å². The van der Waals surface area contributed by atoms with Crippen LogP contribution in [0.15, 0.2) is 32.5 Å². The van der Waals surface area contributed by atoms with Gasteiger partial charge in [0, 0.05) is 6.42 Å². The van der Waals surface area contributed by atoms with Crippen LogP contribution in [0.1, 0.15) is 23.4 Å². The van der Waals surface area contributed by atoms with Crippen molar-refractivity contribution in [3.8, 4) is 0 Å². The maximum Gasteiger partial charge on any atom is 0.163 e. The molecule has 0 radical (unpaired) electrons. The first kappa shape index (κ1) is 21.5. The van der Waals surface area contributed by atoms with Crippen LogP contribution in [-0.4, -0.2) is 60.3 Å². The van der Waals surface area contributed by atoms with Crippen molar-refractivity contribution in [1.82, 2.24) is 15.2 Å². The Labute approximate surface area is 165 Å². The highest BCUT2D eigenvalue weighted by Gasteiger charge is 2.19. The lowest BCUT2D eigenvalue weighted by molar-refractivity contribution is 0.300. The molecule has 0 saturated carbocycles. The van der Waals surface area contributed by atoms with Crippen LogP contribution in [0.2, 0.25) is 0 Å². The second-order valence-electron chi connectivity index (χ2n) is 6.29. The first-order valence-corrected chi connectivity index (χ1v) is 10.6. The minimum absolute atomic E-state index is 0.00596. The van der Waals surface area contributed by atoms with Gasteiger partial charge in [-0.15, -0.1) is 0 Å². The fraction of sp³-hybridized carbons (Fsp3) is 0.438. The Morgan fingerprint density at radius 3 is 2.74 bits per heavy atom.